The fraction of sp³-hybridized carbons (Fsp3) is 0.462. The lowest BCUT2D eigenvalue weighted by atomic mass is 10.1. The van der Waals surface area contributed by atoms with E-state index in [9.17, 15) is 12.8 Å². The highest BCUT2D eigenvalue weighted by Crippen LogP contribution is 2.24. The summed E-state index contributed by atoms with van der Waals surface area (Å²) in [7, 11) is -0.452. The number of halogens is 1. The second-order valence-electron chi connectivity index (χ2n) is 4.92. The molecule has 21 heavy (non-hydrogen) atoms. The SMILES string of the molecule is CN(C)S(=O)(=O)N1CCN(c2cccc(F)c2C#N)CC1. The van der Waals surface area contributed by atoms with E-state index in [1.165, 1.54) is 28.8 Å². The van der Waals surface area contributed by atoms with Crippen molar-refractivity contribution in [2.24, 2.45) is 0 Å². The Labute approximate surface area is 124 Å². The van der Waals surface area contributed by atoms with Gasteiger partial charge >= 0.3 is 0 Å². The Hall–Kier alpha value is -1.69. The quantitative estimate of drug-likeness (QED) is 0.821. The van der Waals surface area contributed by atoms with Gasteiger partial charge in [-0.1, -0.05) is 6.07 Å². The van der Waals surface area contributed by atoms with Gasteiger partial charge in [-0.3, -0.25) is 0 Å². The summed E-state index contributed by atoms with van der Waals surface area (Å²) in [6.45, 7) is 1.46. The predicted molar refractivity (Wildman–Crippen MR) is 77.5 cm³/mol. The number of hydrogen-bond donors (Lipinski definition) is 0. The molecule has 1 aromatic rings. The second kappa shape index (κ2) is 5.97. The van der Waals surface area contributed by atoms with Crippen molar-refractivity contribution in [2.45, 2.75) is 0 Å². The van der Waals surface area contributed by atoms with Gasteiger partial charge in [-0.15, -0.1) is 0 Å². The minimum atomic E-state index is -3.43. The maximum absolute atomic E-state index is 13.6. The molecule has 0 saturated carbocycles. The highest BCUT2D eigenvalue weighted by atomic mass is 32.2. The first-order chi connectivity index (χ1) is 9.87. The summed E-state index contributed by atoms with van der Waals surface area (Å²) in [4.78, 5) is 1.84. The van der Waals surface area contributed by atoms with Crippen LogP contribution in [0.3, 0.4) is 0 Å². The van der Waals surface area contributed by atoms with Gasteiger partial charge in [0.15, 0.2) is 0 Å². The van der Waals surface area contributed by atoms with Crippen LogP contribution in [-0.2, 0) is 10.2 Å². The van der Waals surface area contributed by atoms with Crippen LogP contribution in [0.15, 0.2) is 18.2 Å². The molecule has 2 rings (SSSR count). The molecule has 8 heteroatoms. The molecule has 1 fully saturated rings. The van der Waals surface area contributed by atoms with Crippen molar-refractivity contribution >= 4 is 15.9 Å². The summed E-state index contributed by atoms with van der Waals surface area (Å²) >= 11 is 0. The number of piperazine rings is 1. The van der Waals surface area contributed by atoms with Crippen LogP contribution in [-0.4, -0.2) is 57.3 Å². The standard InChI is InChI=1S/C13H17FN4O2S/c1-16(2)21(19,20)18-8-6-17(7-9-18)13-5-3-4-12(14)11(13)10-15/h3-5H,6-9H2,1-2H3. The third-order valence-electron chi connectivity index (χ3n) is 3.47. The van der Waals surface area contributed by atoms with E-state index in [1.54, 1.807) is 12.1 Å². The van der Waals surface area contributed by atoms with Crippen LogP contribution in [0.5, 0.6) is 0 Å². The monoisotopic (exact) mass is 312 g/mol. The lowest BCUT2D eigenvalue weighted by Gasteiger charge is -2.36. The molecule has 0 unspecified atom stereocenters. The van der Waals surface area contributed by atoms with Crippen LogP contribution in [0.4, 0.5) is 10.1 Å². The first-order valence-electron chi connectivity index (χ1n) is 6.49. The van der Waals surface area contributed by atoms with Gasteiger partial charge in [-0.25, -0.2) is 4.39 Å². The molecule has 0 spiro atoms. The van der Waals surface area contributed by atoms with Gasteiger partial charge in [0.25, 0.3) is 10.2 Å². The normalized spacial score (nSPS) is 17.0. The molecule has 0 aliphatic carbocycles. The van der Waals surface area contributed by atoms with Crippen LogP contribution in [0.1, 0.15) is 5.56 Å². The van der Waals surface area contributed by atoms with Gasteiger partial charge in [0, 0.05) is 40.3 Å². The largest absolute Gasteiger partial charge is 0.368 e. The number of benzene rings is 1. The fourth-order valence-corrected chi connectivity index (χ4v) is 3.36. The molecule has 1 heterocycles. The third kappa shape index (κ3) is 3.00. The van der Waals surface area contributed by atoms with Crippen molar-refractivity contribution in [3.8, 4) is 6.07 Å². The summed E-state index contributed by atoms with van der Waals surface area (Å²) in [6, 6.07) is 6.34. The van der Waals surface area contributed by atoms with Gasteiger partial charge in [-0.05, 0) is 12.1 Å². The molecule has 1 aliphatic rings. The first-order valence-corrected chi connectivity index (χ1v) is 7.88. The van der Waals surface area contributed by atoms with Gasteiger partial charge in [0.1, 0.15) is 17.4 Å². The lowest BCUT2D eigenvalue weighted by Crippen LogP contribution is -2.51. The van der Waals surface area contributed by atoms with Gasteiger partial charge in [-0.2, -0.15) is 22.3 Å². The summed E-state index contributed by atoms with van der Waals surface area (Å²) in [5.41, 5.74) is 0.515. The van der Waals surface area contributed by atoms with Crippen molar-refractivity contribution in [3.63, 3.8) is 0 Å². The first kappa shape index (κ1) is 15.7. The summed E-state index contributed by atoms with van der Waals surface area (Å²) in [5, 5.41) is 9.05. The van der Waals surface area contributed by atoms with Gasteiger partial charge < -0.3 is 4.90 Å². The van der Waals surface area contributed by atoms with Crippen molar-refractivity contribution in [1.82, 2.24) is 8.61 Å². The molecule has 0 bridgehead atoms. The molecule has 1 aromatic carbocycles. The Kier molecular flexibility index (Phi) is 4.46. The molecule has 0 aromatic heterocycles. The smallest absolute Gasteiger partial charge is 0.281 e. The molecule has 6 nitrogen and oxygen atoms in total. The number of hydrogen-bond acceptors (Lipinski definition) is 4. The average molecular weight is 312 g/mol. The number of rotatable bonds is 3. The molecular weight excluding hydrogens is 295 g/mol. The zero-order valence-electron chi connectivity index (χ0n) is 12.0. The average Bonchev–Trinajstić information content (AvgIpc) is 2.47. The maximum Gasteiger partial charge on any atom is 0.281 e. The van der Waals surface area contributed by atoms with Crippen LogP contribution >= 0.6 is 0 Å². The number of nitriles is 1. The minimum absolute atomic E-state index is 0.00131. The Bertz CT molecular complexity index is 661. The Balaban J connectivity index is 2.16. The van der Waals surface area contributed by atoms with Gasteiger partial charge in [0.2, 0.25) is 0 Å². The topological polar surface area (TPSA) is 67.7 Å². The van der Waals surface area contributed by atoms with E-state index in [2.05, 4.69) is 0 Å². The Morgan fingerprint density at radius 3 is 2.38 bits per heavy atom. The van der Waals surface area contributed by atoms with Gasteiger partial charge in [0.05, 0.1) is 5.69 Å². The summed E-state index contributed by atoms with van der Waals surface area (Å²) < 4.78 is 40.2. The number of nitrogens with zero attached hydrogens (tertiary/aromatic N) is 4. The molecule has 114 valence electrons. The summed E-state index contributed by atoms with van der Waals surface area (Å²) in [6.07, 6.45) is 0. The maximum atomic E-state index is 13.6. The molecule has 0 radical (unpaired) electrons. The zero-order valence-corrected chi connectivity index (χ0v) is 12.8. The number of anilines is 1. The lowest BCUT2D eigenvalue weighted by molar-refractivity contribution is 0.355. The van der Waals surface area contributed by atoms with Crippen molar-refractivity contribution in [1.29, 1.82) is 5.26 Å². The van der Waals surface area contributed by atoms with Crippen LogP contribution < -0.4 is 4.90 Å². The van der Waals surface area contributed by atoms with Crippen LogP contribution in [0.2, 0.25) is 0 Å². The molecular formula is C13H17FN4O2S. The van der Waals surface area contributed by atoms with E-state index in [0.717, 1.165) is 0 Å². The third-order valence-corrected chi connectivity index (χ3v) is 5.41. The molecule has 0 N–H and O–H groups in total. The second-order valence-corrected chi connectivity index (χ2v) is 7.06. The van der Waals surface area contributed by atoms with Crippen LogP contribution in [0, 0.1) is 17.1 Å². The molecule has 0 atom stereocenters. The Morgan fingerprint density at radius 1 is 1.24 bits per heavy atom. The molecule has 1 aliphatic heterocycles. The van der Waals surface area contributed by atoms with E-state index in [-0.39, 0.29) is 5.56 Å². The van der Waals surface area contributed by atoms with Crippen molar-refractivity contribution < 1.29 is 12.8 Å². The Morgan fingerprint density at radius 2 is 1.86 bits per heavy atom. The van der Waals surface area contributed by atoms with E-state index in [0.29, 0.717) is 31.9 Å². The van der Waals surface area contributed by atoms with Crippen molar-refractivity contribution in [2.75, 3.05) is 45.2 Å². The highest BCUT2D eigenvalue weighted by molar-refractivity contribution is 7.86. The zero-order chi connectivity index (χ0) is 15.6. The van der Waals surface area contributed by atoms with Crippen LogP contribution in [0.25, 0.3) is 0 Å². The predicted octanol–water partition coefficient (Wildman–Crippen LogP) is 0.626. The highest BCUT2D eigenvalue weighted by Gasteiger charge is 2.29. The van der Waals surface area contributed by atoms with E-state index < -0.39 is 16.0 Å². The van der Waals surface area contributed by atoms with Crippen molar-refractivity contribution in [3.05, 3.63) is 29.6 Å². The fourth-order valence-electron chi connectivity index (χ4n) is 2.28. The molecule has 1 saturated heterocycles. The summed E-state index contributed by atoms with van der Waals surface area (Å²) in [5.74, 6) is -0.557. The van der Waals surface area contributed by atoms with E-state index >= 15 is 0 Å². The van der Waals surface area contributed by atoms with E-state index in [4.69, 9.17) is 5.26 Å². The molecule has 0 amide bonds. The minimum Gasteiger partial charge on any atom is -0.368 e. The van der Waals surface area contributed by atoms with E-state index in [1.807, 2.05) is 11.0 Å².